The number of oxazole rings is 1. The van der Waals surface area contributed by atoms with Crippen molar-refractivity contribution in [1.29, 1.82) is 0 Å². The van der Waals surface area contributed by atoms with E-state index in [-0.39, 0.29) is 0 Å². The minimum Gasteiger partial charge on any atom is -0.441 e. The van der Waals surface area contributed by atoms with Gasteiger partial charge >= 0.3 is 0 Å². The number of aryl methyl sites for hydroxylation is 2. The van der Waals surface area contributed by atoms with Crippen molar-refractivity contribution in [3.63, 3.8) is 0 Å². The van der Waals surface area contributed by atoms with Crippen LogP contribution in [0.5, 0.6) is 0 Å². The van der Waals surface area contributed by atoms with E-state index in [0.29, 0.717) is 10.0 Å². The molecule has 0 saturated carbocycles. The standard InChI is InChI=1S/C14H12Cl2N2O/c1-3-12-14(10-5-4-9(15)7-11(10)16)18-13(19-12)6-8(2)17-18/h4-7H,3H2,1-2H3. The van der Waals surface area contributed by atoms with Gasteiger partial charge in [0.2, 0.25) is 5.71 Å². The van der Waals surface area contributed by atoms with Crippen molar-refractivity contribution in [3.05, 3.63) is 45.8 Å². The summed E-state index contributed by atoms with van der Waals surface area (Å²) in [6, 6.07) is 7.35. The second-order valence-corrected chi connectivity index (χ2v) is 5.23. The molecular formula is C14H12Cl2N2O. The lowest BCUT2D eigenvalue weighted by Gasteiger charge is -2.04. The minimum absolute atomic E-state index is 0.595. The fraction of sp³-hybridized carbons (Fsp3) is 0.214. The van der Waals surface area contributed by atoms with Crippen LogP contribution in [0.25, 0.3) is 17.0 Å². The molecule has 0 aliphatic rings. The van der Waals surface area contributed by atoms with Gasteiger partial charge in [0, 0.05) is 23.1 Å². The third-order valence-corrected chi connectivity index (χ3v) is 3.56. The van der Waals surface area contributed by atoms with Crippen molar-refractivity contribution >= 4 is 28.9 Å². The Balaban J connectivity index is 2.32. The summed E-state index contributed by atoms with van der Waals surface area (Å²) >= 11 is 12.2. The molecule has 98 valence electrons. The summed E-state index contributed by atoms with van der Waals surface area (Å²) in [5, 5.41) is 5.66. The van der Waals surface area contributed by atoms with Gasteiger partial charge in [0.15, 0.2) is 0 Å². The van der Waals surface area contributed by atoms with Crippen LogP contribution in [0.4, 0.5) is 0 Å². The first-order valence-corrected chi connectivity index (χ1v) is 6.79. The molecule has 0 unspecified atom stereocenters. The Morgan fingerprint density at radius 2 is 2.05 bits per heavy atom. The first kappa shape index (κ1) is 12.6. The molecule has 0 fully saturated rings. The van der Waals surface area contributed by atoms with Gasteiger partial charge in [0.25, 0.3) is 0 Å². The van der Waals surface area contributed by atoms with E-state index >= 15 is 0 Å². The van der Waals surface area contributed by atoms with Crippen LogP contribution in [0, 0.1) is 6.92 Å². The van der Waals surface area contributed by atoms with Crippen LogP contribution in [0.15, 0.2) is 28.7 Å². The highest BCUT2D eigenvalue weighted by Gasteiger charge is 2.18. The maximum absolute atomic E-state index is 6.29. The van der Waals surface area contributed by atoms with Crippen LogP contribution in [-0.4, -0.2) is 9.61 Å². The highest BCUT2D eigenvalue weighted by Crippen LogP contribution is 2.34. The molecule has 5 heteroatoms. The van der Waals surface area contributed by atoms with Crippen LogP contribution >= 0.6 is 23.2 Å². The van der Waals surface area contributed by atoms with E-state index in [4.69, 9.17) is 27.6 Å². The van der Waals surface area contributed by atoms with Crippen LogP contribution in [0.1, 0.15) is 18.4 Å². The summed E-state index contributed by atoms with van der Waals surface area (Å²) in [5.74, 6) is 0.867. The number of hydrogen-bond acceptors (Lipinski definition) is 2. The van der Waals surface area contributed by atoms with Crippen LogP contribution in [-0.2, 0) is 6.42 Å². The second kappa shape index (κ2) is 4.58. The molecule has 2 aromatic heterocycles. The average molecular weight is 295 g/mol. The quantitative estimate of drug-likeness (QED) is 0.681. The largest absolute Gasteiger partial charge is 0.441 e. The van der Waals surface area contributed by atoms with Gasteiger partial charge in [-0.05, 0) is 25.1 Å². The van der Waals surface area contributed by atoms with Gasteiger partial charge in [-0.25, -0.2) is 0 Å². The Hall–Kier alpha value is -1.45. The number of nitrogens with zero attached hydrogens (tertiary/aromatic N) is 2. The normalized spacial score (nSPS) is 11.4. The maximum Gasteiger partial charge on any atom is 0.222 e. The molecule has 0 aliphatic heterocycles. The third-order valence-electron chi connectivity index (χ3n) is 3.01. The maximum atomic E-state index is 6.29. The zero-order valence-corrected chi connectivity index (χ0v) is 12.1. The molecule has 3 rings (SSSR count). The SMILES string of the molecule is CCc1oc2cc(C)nn2c1-c1ccc(Cl)cc1Cl. The van der Waals surface area contributed by atoms with Crippen molar-refractivity contribution in [2.24, 2.45) is 0 Å². The van der Waals surface area contributed by atoms with E-state index in [1.54, 1.807) is 10.6 Å². The molecule has 0 spiro atoms. The van der Waals surface area contributed by atoms with E-state index in [1.807, 2.05) is 32.0 Å². The van der Waals surface area contributed by atoms with Gasteiger partial charge < -0.3 is 4.42 Å². The molecule has 0 N–H and O–H groups in total. The smallest absolute Gasteiger partial charge is 0.222 e. The number of hydrogen-bond donors (Lipinski definition) is 0. The molecule has 3 nitrogen and oxygen atoms in total. The summed E-state index contributed by atoms with van der Waals surface area (Å²) < 4.78 is 7.61. The summed E-state index contributed by atoms with van der Waals surface area (Å²) in [4.78, 5) is 0. The molecule has 0 atom stereocenters. The third kappa shape index (κ3) is 2.03. The van der Waals surface area contributed by atoms with Gasteiger partial charge in [-0.2, -0.15) is 9.61 Å². The molecule has 0 radical (unpaired) electrons. The van der Waals surface area contributed by atoms with E-state index in [0.717, 1.165) is 34.8 Å². The zero-order valence-electron chi connectivity index (χ0n) is 10.6. The fourth-order valence-electron chi connectivity index (χ4n) is 2.19. The highest BCUT2D eigenvalue weighted by molar-refractivity contribution is 6.36. The topological polar surface area (TPSA) is 30.4 Å². The number of benzene rings is 1. The zero-order chi connectivity index (χ0) is 13.6. The molecule has 0 bridgehead atoms. The minimum atomic E-state index is 0.595. The fourth-order valence-corrected chi connectivity index (χ4v) is 2.68. The molecule has 0 saturated heterocycles. The lowest BCUT2D eigenvalue weighted by Crippen LogP contribution is -1.93. The van der Waals surface area contributed by atoms with Gasteiger partial charge in [0.1, 0.15) is 11.5 Å². The summed E-state index contributed by atoms with van der Waals surface area (Å²) in [6.07, 6.45) is 0.775. The van der Waals surface area contributed by atoms with Crippen molar-refractivity contribution in [1.82, 2.24) is 9.61 Å². The van der Waals surface area contributed by atoms with Crippen molar-refractivity contribution in [3.8, 4) is 11.3 Å². The first-order valence-electron chi connectivity index (χ1n) is 6.03. The molecule has 3 aromatic rings. The number of rotatable bonds is 2. The second-order valence-electron chi connectivity index (χ2n) is 4.39. The Morgan fingerprint density at radius 3 is 2.74 bits per heavy atom. The molecule has 0 aliphatic carbocycles. The van der Waals surface area contributed by atoms with Gasteiger partial charge in [0.05, 0.1) is 10.7 Å². The van der Waals surface area contributed by atoms with Crippen molar-refractivity contribution in [2.75, 3.05) is 0 Å². The lowest BCUT2D eigenvalue weighted by molar-refractivity contribution is 0.553. The molecule has 0 amide bonds. The predicted octanol–water partition coefficient (Wildman–Crippen LogP) is 4.77. The highest BCUT2D eigenvalue weighted by atomic mass is 35.5. The molecule has 19 heavy (non-hydrogen) atoms. The Labute approximate surface area is 120 Å². The summed E-state index contributed by atoms with van der Waals surface area (Å²) in [7, 11) is 0. The predicted molar refractivity (Wildman–Crippen MR) is 77.0 cm³/mol. The lowest BCUT2D eigenvalue weighted by atomic mass is 10.1. The summed E-state index contributed by atoms with van der Waals surface area (Å²) in [5.41, 5.74) is 3.42. The monoisotopic (exact) mass is 294 g/mol. The van der Waals surface area contributed by atoms with Crippen LogP contribution in [0.2, 0.25) is 10.0 Å². The molecule has 2 heterocycles. The van der Waals surface area contributed by atoms with E-state index in [1.165, 1.54) is 0 Å². The number of halogens is 2. The van der Waals surface area contributed by atoms with E-state index in [2.05, 4.69) is 5.10 Å². The van der Waals surface area contributed by atoms with E-state index < -0.39 is 0 Å². The van der Waals surface area contributed by atoms with Gasteiger partial charge in [-0.15, -0.1) is 0 Å². The van der Waals surface area contributed by atoms with Crippen molar-refractivity contribution in [2.45, 2.75) is 20.3 Å². The van der Waals surface area contributed by atoms with E-state index in [9.17, 15) is 0 Å². The molecular weight excluding hydrogens is 283 g/mol. The Kier molecular flexibility index (Phi) is 3.03. The number of fused-ring (bicyclic) bond motifs is 1. The van der Waals surface area contributed by atoms with Crippen molar-refractivity contribution < 1.29 is 4.42 Å². The average Bonchev–Trinajstić information content (AvgIpc) is 2.85. The van der Waals surface area contributed by atoms with Crippen LogP contribution in [0.3, 0.4) is 0 Å². The Morgan fingerprint density at radius 1 is 1.26 bits per heavy atom. The summed E-state index contributed by atoms with van der Waals surface area (Å²) in [6.45, 7) is 3.97. The van der Waals surface area contributed by atoms with Gasteiger partial charge in [-0.3, -0.25) is 0 Å². The number of aromatic nitrogens is 2. The first-order chi connectivity index (χ1) is 9.10. The molecule has 1 aromatic carbocycles. The van der Waals surface area contributed by atoms with Gasteiger partial charge in [-0.1, -0.05) is 30.1 Å². The van der Waals surface area contributed by atoms with Crippen LogP contribution < -0.4 is 0 Å². The Bertz CT molecular complexity index is 758.